The molecule has 0 fully saturated rings. The quantitative estimate of drug-likeness (QED) is 0.322. The van der Waals surface area contributed by atoms with Gasteiger partial charge in [-0.15, -0.1) is 12.4 Å². The fourth-order valence-electron chi connectivity index (χ4n) is 4.87. The molecule has 0 aliphatic carbocycles. The van der Waals surface area contributed by atoms with Crippen molar-refractivity contribution < 1.29 is 13.2 Å². The van der Waals surface area contributed by atoms with Crippen LogP contribution >= 0.6 is 12.4 Å². The van der Waals surface area contributed by atoms with Gasteiger partial charge in [0.25, 0.3) is 0 Å². The number of nitrogens with one attached hydrogen (secondary N) is 1. The number of aromatic nitrogens is 1. The number of hydrogen-bond acceptors (Lipinski definition) is 1. The monoisotopic (exact) mass is 470 g/mol. The maximum Gasteiger partial charge on any atom is 0.123 e. The summed E-state index contributed by atoms with van der Waals surface area (Å²) in [5.41, 5.74) is 5.46. The van der Waals surface area contributed by atoms with Crippen molar-refractivity contribution in [2.45, 2.75) is 31.7 Å². The van der Waals surface area contributed by atoms with Gasteiger partial charge in [0, 0.05) is 42.0 Å². The topological polar surface area (TPSA) is 19.0 Å². The molecule has 0 saturated heterocycles. The van der Waals surface area contributed by atoms with E-state index in [1.54, 1.807) is 6.07 Å². The van der Waals surface area contributed by atoms with Crippen LogP contribution < -0.4 is 0 Å². The summed E-state index contributed by atoms with van der Waals surface area (Å²) in [5.74, 6) is -0.645. The molecule has 4 aromatic rings. The third-order valence-corrected chi connectivity index (χ3v) is 6.53. The maximum absolute atomic E-state index is 13.8. The number of hydrogen-bond donors (Lipinski definition) is 1. The molecule has 5 rings (SSSR count). The molecule has 0 atom stereocenters. The van der Waals surface area contributed by atoms with Gasteiger partial charge in [-0.25, -0.2) is 13.2 Å². The summed E-state index contributed by atoms with van der Waals surface area (Å²) < 4.78 is 40.7. The highest BCUT2D eigenvalue weighted by molar-refractivity contribution is 5.85. The van der Waals surface area contributed by atoms with E-state index in [4.69, 9.17) is 0 Å². The first kappa shape index (κ1) is 23.4. The number of H-pyrrole nitrogens is 1. The lowest BCUT2D eigenvalue weighted by molar-refractivity contribution is 0.248. The third kappa shape index (κ3) is 5.10. The van der Waals surface area contributed by atoms with Crippen molar-refractivity contribution in [1.29, 1.82) is 0 Å². The van der Waals surface area contributed by atoms with Crippen LogP contribution in [0.25, 0.3) is 10.9 Å². The number of rotatable bonds is 6. The average molecular weight is 471 g/mol. The normalized spacial score (nSPS) is 13.8. The molecule has 0 spiro atoms. The largest absolute Gasteiger partial charge is 0.358 e. The van der Waals surface area contributed by atoms with Crippen LogP contribution in [0.15, 0.2) is 66.7 Å². The summed E-state index contributed by atoms with van der Waals surface area (Å²) in [7, 11) is 0. The van der Waals surface area contributed by atoms with E-state index >= 15 is 0 Å². The molecule has 1 aromatic heterocycles. The molecule has 0 bridgehead atoms. The van der Waals surface area contributed by atoms with Gasteiger partial charge in [-0.1, -0.05) is 24.3 Å². The van der Waals surface area contributed by atoms with E-state index in [9.17, 15) is 13.2 Å². The smallest absolute Gasteiger partial charge is 0.123 e. The molecule has 0 amide bonds. The van der Waals surface area contributed by atoms with Crippen LogP contribution in [0.3, 0.4) is 0 Å². The van der Waals surface area contributed by atoms with E-state index in [1.807, 2.05) is 30.3 Å². The van der Waals surface area contributed by atoms with Gasteiger partial charge in [-0.3, -0.25) is 4.90 Å². The Hall–Kier alpha value is -2.76. The lowest BCUT2D eigenvalue weighted by Crippen LogP contribution is -2.31. The second-order valence-corrected chi connectivity index (χ2v) is 8.60. The standard InChI is InChI=1S/C27H25F3N2.ClH/c28-20-7-3-18(4-8-20)23(19-5-9-21(29)10-6-19)2-1-14-32-15-13-27-25(17-32)24-16-22(30)11-12-26(24)31-27;/h3-12,16,23,31H,1-2,13-15,17H2;1H. The van der Waals surface area contributed by atoms with E-state index in [0.717, 1.165) is 60.9 Å². The SMILES string of the molecule is Cl.Fc1ccc(C(CCCN2CCc3[nH]c4ccc(F)cc4c3C2)c2ccc(F)cc2)cc1. The molecule has 3 aromatic carbocycles. The van der Waals surface area contributed by atoms with Gasteiger partial charge < -0.3 is 4.98 Å². The summed E-state index contributed by atoms with van der Waals surface area (Å²) in [6.45, 7) is 2.68. The first-order valence-electron chi connectivity index (χ1n) is 11.1. The molecule has 0 radical (unpaired) electrons. The number of halogens is 4. The van der Waals surface area contributed by atoms with Gasteiger partial charge in [-0.2, -0.15) is 0 Å². The van der Waals surface area contributed by atoms with Crippen LogP contribution in [-0.2, 0) is 13.0 Å². The molecule has 172 valence electrons. The Morgan fingerprint density at radius 2 is 1.42 bits per heavy atom. The van der Waals surface area contributed by atoms with E-state index in [1.165, 1.54) is 41.6 Å². The Bertz CT molecular complexity index is 1170. The molecule has 1 N–H and O–H groups in total. The molecule has 6 heteroatoms. The van der Waals surface area contributed by atoms with Crippen LogP contribution in [-0.4, -0.2) is 23.0 Å². The molecule has 2 heterocycles. The fourth-order valence-corrected chi connectivity index (χ4v) is 4.87. The highest BCUT2D eigenvalue weighted by atomic mass is 35.5. The molecule has 2 nitrogen and oxygen atoms in total. The minimum atomic E-state index is -0.258. The van der Waals surface area contributed by atoms with Crippen LogP contribution in [0.1, 0.15) is 41.1 Å². The Morgan fingerprint density at radius 1 is 0.818 bits per heavy atom. The number of fused-ring (bicyclic) bond motifs is 3. The summed E-state index contributed by atoms with van der Waals surface area (Å²) in [6, 6.07) is 18.1. The van der Waals surface area contributed by atoms with E-state index in [0.29, 0.717) is 0 Å². The highest BCUT2D eigenvalue weighted by Gasteiger charge is 2.21. The van der Waals surface area contributed by atoms with Gasteiger partial charge in [0.15, 0.2) is 0 Å². The second-order valence-electron chi connectivity index (χ2n) is 8.60. The lowest BCUT2D eigenvalue weighted by Gasteiger charge is -2.28. The average Bonchev–Trinajstić information content (AvgIpc) is 3.15. The van der Waals surface area contributed by atoms with E-state index < -0.39 is 0 Å². The van der Waals surface area contributed by atoms with E-state index in [2.05, 4.69) is 9.88 Å². The van der Waals surface area contributed by atoms with E-state index in [-0.39, 0.29) is 35.8 Å². The molecular weight excluding hydrogens is 445 g/mol. The van der Waals surface area contributed by atoms with Crippen molar-refractivity contribution >= 4 is 23.3 Å². The van der Waals surface area contributed by atoms with Crippen molar-refractivity contribution in [2.24, 2.45) is 0 Å². The van der Waals surface area contributed by atoms with Gasteiger partial charge in [0.2, 0.25) is 0 Å². The lowest BCUT2D eigenvalue weighted by atomic mass is 9.87. The Labute approximate surface area is 197 Å². The summed E-state index contributed by atoms with van der Waals surface area (Å²) >= 11 is 0. The molecule has 1 aliphatic rings. The van der Waals surface area contributed by atoms with Crippen molar-refractivity contribution in [3.05, 3.63) is 107 Å². The zero-order chi connectivity index (χ0) is 22.1. The zero-order valence-corrected chi connectivity index (χ0v) is 19.0. The van der Waals surface area contributed by atoms with Gasteiger partial charge in [-0.05, 0) is 78.5 Å². The molecule has 33 heavy (non-hydrogen) atoms. The molecule has 0 saturated carbocycles. The van der Waals surface area contributed by atoms with Crippen molar-refractivity contribution in [1.82, 2.24) is 9.88 Å². The van der Waals surface area contributed by atoms with Gasteiger partial charge in [0.05, 0.1) is 0 Å². The fraction of sp³-hybridized carbons (Fsp3) is 0.259. The first-order chi connectivity index (χ1) is 15.6. The number of nitrogens with zero attached hydrogens (tertiary/aromatic N) is 1. The van der Waals surface area contributed by atoms with Crippen LogP contribution in [0, 0.1) is 17.5 Å². The predicted octanol–water partition coefficient (Wildman–Crippen LogP) is 6.98. The minimum Gasteiger partial charge on any atom is -0.358 e. The van der Waals surface area contributed by atoms with Crippen molar-refractivity contribution in [3.8, 4) is 0 Å². The Balaban J connectivity index is 0.00000259. The van der Waals surface area contributed by atoms with Gasteiger partial charge >= 0.3 is 0 Å². The van der Waals surface area contributed by atoms with Crippen LogP contribution in [0.5, 0.6) is 0 Å². The molecule has 0 unspecified atom stereocenters. The Kier molecular flexibility index (Phi) is 7.11. The third-order valence-electron chi connectivity index (χ3n) is 6.53. The van der Waals surface area contributed by atoms with Crippen molar-refractivity contribution in [2.75, 3.05) is 13.1 Å². The molecule has 1 aliphatic heterocycles. The highest BCUT2D eigenvalue weighted by Crippen LogP contribution is 2.31. The summed E-state index contributed by atoms with van der Waals surface area (Å²) in [5, 5.41) is 0.972. The summed E-state index contributed by atoms with van der Waals surface area (Å²) in [6.07, 6.45) is 2.75. The summed E-state index contributed by atoms with van der Waals surface area (Å²) in [4.78, 5) is 5.85. The number of benzene rings is 3. The number of aromatic amines is 1. The first-order valence-corrected chi connectivity index (χ1v) is 11.1. The minimum absolute atomic E-state index is 0. The van der Waals surface area contributed by atoms with Crippen LogP contribution in [0.2, 0.25) is 0 Å². The molecular formula is C27H26ClF3N2. The maximum atomic E-state index is 13.8. The Morgan fingerprint density at radius 3 is 2.06 bits per heavy atom. The second kappa shape index (κ2) is 10.0. The van der Waals surface area contributed by atoms with Crippen molar-refractivity contribution in [3.63, 3.8) is 0 Å². The van der Waals surface area contributed by atoms with Crippen LogP contribution in [0.4, 0.5) is 13.2 Å². The zero-order valence-electron chi connectivity index (χ0n) is 18.2. The predicted molar refractivity (Wildman–Crippen MR) is 128 cm³/mol. The van der Waals surface area contributed by atoms with Gasteiger partial charge in [0.1, 0.15) is 17.5 Å².